The first kappa shape index (κ1) is 17.1. The van der Waals surface area contributed by atoms with Crippen LogP contribution in [0, 0.1) is 5.92 Å². The number of rotatable bonds is 6. The van der Waals surface area contributed by atoms with Crippen molar-refractivity contribution in [2.45, 2.75) is 13.3 Å². The van der Waals surface area contributed by atoms with Gasteiger partial charge in [-0.25, -0.2) is 0 Å². The van der Waals surface area contributed by atoms with Crippen LogP contribution in [0.1, 0.15) is 13.3 Å². The van der Waals surface area contributed by atoms with Gasteiger partial charge in [0, 0.05) is 27.2 Å². The second kappa shape index (κ2) is 6.86. The van der Waals surface area contributed by atoms with Gasteiger partial charge in [0.1, 0.15) is 0 Å². The van der Waals surface area contributed by atoms with Crippen LogP contribution in [0.4, 0.5) is 5.13 Å². The first-order valence-corrected chi connectivity index (χ1v) is 9.00. The van der Waals surface area contributed by atoms with Gasteiger partial charge in [0.25, 0.3) is 15.4 Å². The summed E-state index contributed by atoms with van der Waals surface area (Å²) in [4.78, 5) is 12.2. The van der Waals surface area contributed by atoms with Crippen molar-refractivity contribution in [3.8, 4) is 5.19 Å². The second-order valence-electron chi connectivity index (χ2n) is 4.93. The molecule has 0 aliphatic carbocycles. The summed E-state index contributed by atoms with van der Waals surface area (Å²) >= 11 is 1.14. The highest BCUT2D eigenvalue weighted by atomic mass is 32.2. The number of carbonyl (C=O) groups is 1. The van der Waals surface area contributed by atoms with E-state index in [1.54, 1.807) is 0 Å². The Morgan fingerprint density at radius 2 is 2.23 bits per heavy atom. The van der Waals surface area contributed by atoms with E-state index in [1.807, 2.05) is 6.92 Å². The maximum Gasteiger partial charge on any atom is 0.295 e. The number of ether oxygens (including phenoxy) is 1. The van der Waals surface area contributed by atoms with Gasteiger partial charge in [-0.15, -0.1) is 5.10 Å². The molecule has 124 valence electrons. The Balaban J connectivity index is 1.94. The molecule has 2 rings (SSSR count). The number of hydrogen-bond acceptors (Lipinski definition) is 7. The van der Waals surface area contributed by atoms with Crippen LogP contribution in [-0.4, -0.2) is 66.9 Å². The maximum absolute atomic E-state index is 12.2. The van der Waals surface area contributed by atoms with E-state index in [1.165, 1.54) is 18.4 Å². The smallest absolute Gasteiger partial charge is 0.295 e. The van der Waals surface area contributed by atoms with Crippen LogP contribution in [0.25, 0.3) is 0 Å². The van der Waals surface area contributed by atoms with Crippen molar-refractivity contribution in [1.29, 1.82) is 0 Å². The van der Waals surface area contributed by atoms with Crippen molar-refractivity contribution < 1.29 is 17.9 Å². The lowest BCUT2D eigenvalue weighted by atomic mass is 10.1. The third-order valence-electron chi connectivity index (χ3n) is 3.21. The average Bonchev–Trinajstić information content (AvgIpc) is 3.08. The number of amides is 1. The van der Waals surface area contributed by atoms with Crippen LogP contribution in [0.15, 0.2) is 0 Å². The van der Waals surface area contributed by atoms with E-state index in [9.17, 15) is 13.2 Å². The molecule has 1 N–H and O–H groups in total. The van der Waals surface area contributed by atoms with Crippen LogP contribution in [0.3, 0.4) is 0 Å². The number of carbonyl (C=O) groups excluding carboxylic acids is 1. The monoisotopic (exact) mass is 349 g/mol. The second-order valence-corrected chi connectivity index (χ2v) is 8.01. The molecule has 1 aliphatic rings. The summed E-state index contributed by atoms with van der Waals surface area (Å²) in [6, 6.07) is 0. The molecule has 1 unspecified atom stereocenters. The number of hydrogen-bond donors (Lipinski definition) is 1. The number of aromatic nitrogens is 2. The lowest BCUT2D eigenvalue weighted by Crippen LogP contribution is -2.39. The third kappa shape index (κ3) is 3.72. The molecule has 1 aliphatic heterocycles. The highest BCUT2D eigenvalue weighted by molar-refractivity contribution is 7.86. The summed E-state index contributed by atoms with van der Waals surface area (Å²) in [5, 5.41) is 11.0. The number of nitrogens with one attached hydrogen (secondary N) is 1. The Morgan fingerprint density at radius 3 is 2.86 bits per heavy atom. The molecular formula is C11H19N5O4S2. The Morgan fingerprint density at radius 1 is 1.50 bits per heavy atom. The van der Waals surface area contributed by atoms with Crippen molar-refractivity contribution in [3.05, 3.63) is 0 Å². The number of anilines is 1. The van der Waals surface area contributed by atoms with Crippen LogP contribution in [0.2, 0.25) is 0 Å². The minimum atomic E-state index is -3.48. The highest BCUT2D eigenvalue weighted by Crippen LogP contribution is 2.25. The molecule has 22 heavy (non-hydrogen) atoms. The van der Waals surface area contributed by atoms with Crippen LogP contribution >= 0.6 is 11.3 Å². The lowest BCUT2D eigenvalue weighted by molar-refractivity contribution is -0.119. The van der Waals surface area contributed by atoms with Crippen molar-refractivity contribution >= 4 is 32.6 Å². The van der Waals surface area contributed by atoms with Gasteiger partial charge in [0.2, 0.25) is 11.0 Å². The highest BCUT2D eigenvalue weighted by Gasteiger charge is 2.36. The van der Waals surface area contributed by atoms with E-state index in [0.29, 0.717) is 29.9 Å². The van der Waals surface area contributed by atoms with E-state index in [0.717, 1.165) is 15.6 Å². The average molecular weight is 349 g/mol. The first-order valence-electron chi connectivity index (χ1n) is 6.79. The zero-order valence-electron chi connectivity index (χ0n) is 12.6. The fourth-order valence-electron chi connectivity index (χ4n) is 2.03. The molecule has 2 heterocycles. The Bertz CT molecular complexity index is 630. The fraction of sp³-hybridized carbons (Fsp3) is 0.727. The topological polar surface area (TPSA) is 105 Å². The van der Waals surface area contributed by atoms with Crippen LogP contribution in [-0.2, 0) is 15.0 Å². The molecule has 1 atom stereocenters. The van der Waals surface area contributed by atoms with Gasteiger partial charge in [-0.2, -0.15) is 17.0 Å². The van der Waals surface area contributed by atoms with Gasteiger partial charge >= 0.3 is 0 Å². The molecule has 0 radical (unpaired) electrons. The van der Waals surface area contributed by atoms with Crippen molar-refractivity contribution in [1.82, 2.24) is 18.8 Å². The van der Waals surface area contributed by atoms with E-state index in [-0.39, 0.29) is 12.5 Å². The standard InChI is InChI=1S/C11H19N5O4S2/c1-4-20-11-14-13-10(21-11)12-9(17)8-5-6-16(7-8)22(18,19)15(2)3/h8H,4-7H2,1-3H3,(H,12,13,17). The van der Waals surface area contributed by atoms with Gasteiger partial charge in [0.15, 0.2) is 0 Å². The fourth-order valence-corrected chi connectivity index (χ4v) is 3.86. The van der Waals surface area contributed by atoms with Gasteiger partial charge in [-0.05, 0) is 24.7 Å². The largest absolute Gasteiger partial charge is 0.469 e. The van der Waals surface area contributed by atoms with E-state index < -0.39 is 16.1 Å². The Hall–Kier alpha value is -1.30. The minimum Gasteiger partial charge on any atom is -0.469 e. The lowest BCUT2D eigenvalue weighted by Gasteiger charge is -2.20. The Labute approximate surface area is 133 Å². The Kier molecular flexibility index (Phi) is 5.32. The van der Waals surface area contributed by atoms with Gasteiger partial charge in [0.05, 0.1) is 12.5 Å². The summed E-state index contributed by atoms with van der Waals surface area (Å²) in [7, 11) is -0.535. The molecule has 0 saturated carbocycles. The van der Waals surface area contributed by atoms with Crippen molar-refractivity contribution in [2.75, 3.05) is 39.1 Å². The van der Waals surface area contributed by atoms with E-state index in [4.69, 9.17) is 4.74 Å². The molecule has 1 aromatic rings. The molecule has 0 spiro atoms. The summed E-state index contributed by atoms with van der Waals surface area (Å²) in [6.45, 7) is 2.81. The zero-order valence-corrected chi connectivity index (χ0v) is 14.3. The minimum absolute atomic E-state index is 0.170. The quantitative estimate of drug-likeness (QED) is 0.775. The zero-order chi connectivity index (χ0) is 16.3. The molecule has 1 fully saturated rings. The van der Waals surface area contributed by atoms with Crippen molar-refractivity contribution in [3.63, 3.8) is 0 Å². The molecule has 1 saturated heterocycles. The molecule has 0 aromatic carbocycles. The molecule has 0 bridgehead atoms. The molecule has 1 aromatic heterocycles. The van der Waals surface area contributed by atoms with Crippen LogP contribution in [0.5, 0.6) is 5.19 Å². The summed E-state index contributed by atoms with van der Waals surface area (Å²) in [5.74, 6) is -0.648. The summed E-state index contributed by atoms with van der Waals surface area (Å²) in [6.07, 6.45) is 0.482. The normalized spacial score (nSPS) is 19.5. The van der Waals surface area contributed by atoms with Crippen LogP contribution < -0.4 is 10.1 Å². The van der Waals surface area contributed by atoms with Gasteiger partial charge < -0.3 is 10.1 Å². The van der Waals surface area contributed by atoms with Gasteiger partial charge in [-0.3, -0.25) is 4.79 Å². The predicted octanol–water partition coefficient (Wildman–Crippen LogP) is 0.00360. The van der Waals surface area contributed by atoms with E-state index >= 15 is 0 Å². The maximum atomic E-state index is 12.2. The SMILES string of the molecule is CCOc1nnc(NC(=O)C2CCN(S(=O)(=O)N(C)C)C2)s1. The summed E-state index contributed by atoms with van der Waals surface area (Å²) < 4.78 is 31.7. The summed E-state index contributed by atoms with van der Waals surface area (Å²) in [5.41, 5.74) is 0. The third-order valence-corrected chi connectivity index (χ3v) is 5.87. The molecular weight excluding hydrogens is 330 g/mol. The molecule has 9 nitrogen and oxygen atoms in total. The van der Waals surface area contributed by atoms with Gasteiger partial charge in [-0.1, -0.05) is 5.10 Å². The molecule has 1 amide bonds. The predicted molar refractivity (Wildman–Crippen MR) is 82.0 cm³/mol. The first-order chi connectivity index (χ1) is 10.3. The van der Waals surface area contributed by atoms with E-state index in [2.05, 4.69) is 15.5 Å². The van der Waals surface area contributed by atoms with Crippen molar-refractivity contribution in [2.24, 2.45) is 5.92 Å². The number of nitrogens with zero attached hydrogens (tertiary/aromatic N) is 4. The molecule has 11 heteroatoms.